The maximum Gasteiger partial charge on any atom is 2.00 e. The molecule has 0 fully saturated rings. The van der Waals surface area contributed by atoms with Crippen LogP contribution in [0.3, 0.4) is 0 Å². The van der Waals surface area contributed by atoms with Gasteiger partial charge in [-0.3, -0.25) is 14.8 Å². The molecule has 4 heterocycles. The summed E-state index contributed by atoms with van der Waals surface area (Å²) in [6.45, 7) is 14.8. The molecule has 11 heteroatoms. The van der Waals surface area contributed by atoms with Crippen LogP contribution in [0.15, 0.2) is 48.5 Å². The molecule has 0 spiro atoms. The molecule has 0 aliphatic carbocycles. The summed E-state index contributed by atoms with van der Waals surface area (Å²) in [5.74, 6) is 0.733. The van der Waals surface area contributed by atoms with Gasteiger partial charge in [0, 0.05) is 0 Å². The summed E-state index contributed by atoms with van der Waals surface area (Å²) in [4.78, 5) is 15.6. The Morgan fingerprint density at radius 1 is 0.906 bits per heavy atom. The molecule has 152 valence electrons. The summed E-state index contributed by atoms with van der Waals surface area (Å²) in [7, 11) is 0. The number of nitriles is 2. The first-order valence-corrected chi connectivity index (χ1v) is 8.62. The van der Waals surface area contributed by atoms with Gasteiger partial charge in [0.05, 0.1) is 23.4 Å². The van der Waals surface area contributed by atoms with Gasteiger partial charge < -0.3 is 9.53 Å². The predicted molar refractivity (Wildman–Crippen MR) is 104 cm³/mol. The Labute approximate surface area is 196 Å². The first-order chi connectivity index (χ1) is 15.1. The molecule has 0 aromatic carbocycles. The molecule has 4 aromatic heterocycles. The Kier molecular flexibility index (Phi) is 6.20. The second-order valence-electron chi connectivity index (χ2n) is 6.03. The zero-order valence-electron chi connectivity index (χ0n) is 15.9. The Balaban J connectivity index is 0.00000289. The minimum absolute atomic E-state index is 0. The maximum absolute atomic E-state index is 10.0. The average Bonchev–Trinajstić information content (AvgIpc) is 3.51. The standard InChI is InChI=1S/C21H8N10.Pd/c1-24-18-10-12-31(29-18)20-8-4-6-17(27-20)21(14-23,25-2)16-5-3-7-19(26-16)30-11-9-15(13-22)28-30;/h3-10H;/q-2;+2. The molecule has 0 bridgehead atoms. The zero-order valence-corrected chi connectivity index (χ0v) is 17.5. The first-order valence-electron chi connectivity index (χ1n) is 8.62. The van der Waals surface area contributed by atoms with Crippen molar-refractivity contribution in [2.24, 2.45) is 0 Å². The van der Waals surface area contributed by atoms with Gasteiger partial charge in [-0.15, -0.1) is 6.07 Å². The minimum atomic E-state index is -1.84. The molecule has 10 nitrogen and oxygen atoms in total. The van der Waals surface area contributed by atoms with Gasteiger partial charge in [-0.1, -0.05) is 37.0 Å². The van der Waals surface area contributed by atoms with E-state index in [4.69, 9.17) is 18.4 Å². The molecule has 4 aromatic rings. The molecular formula is C21H8N10Pd. The van der Waals surface area contributed by atoms with Crippen LogP contribution in [0, 0.1) is 48.2 Å². The van der Waals surface area contributed by atoms with E-state index < -0.39 is 5.54 Å². The average molecular weight is 507 g/mol. The van der Waals surface area contributed by atoms with Crippen molar-refractivity contribution in [2.45, 2.75) is 5.54 Å². The van der Waals surface area contributed by atoms with E-state index >= 15 is 0 Å². The van der Waals surface area contributed by atoms with E-state index in [0.717, 1.165) is 0 Å². The molecule has 32 heavy (non-hydrogen) atoms. The fourth-order valence-electron chi connectivity index (χ4n) is 2.78. The van der Waals surface area contributed by atoms with Crippen LogP contribution in [0.1, 0.15) is 17.1 Å². The fraction of sp³-hybridized carbons (Fsp3) is 0.0476. The second kappa shape index (κ2) is 9.01. The van der Waals surface area contributed by atoms with Gasteiger partial charge in [-0.2, -0.15) is 5.26 Å². The number of aromatic nitrogens is 6. The monoisotopic (exact) mass is 506 g/mol. The molecular weight excluding hydrogens is 499 g/mol. The third-order valence-corrected chi connectivity index (χ3v) is 4.25. The predicted octanol–water partition coefficient (Wildman–Crippen LogP) is 2.55. The summed E-state index contributed by atoms with van der Waals surface area (Å²) in [6.07, 6.45) is 5.55. The van der Waals surface area contributed by atoms with Gasteiger partial charge in [0.25, 0.3) is 0 Å². The van der Waals surface area contributed by atoms with Crippen molar-refractivity contribution >= 4 is 5.82 Å². The van der Waals surface area contributed by atoms with Crippen LogP contribution in [0.2, 0.25) is 0 Å². The van der Waals surface area contributed by atoms with Gasteiger partial charge in [0.15, 0.2) is 6.07 Å². The summed E-state index contributed by atoms with van der Waals surface area (Å²) < 4.78 is 2.54. The van der Waals surface area contributed by atoms with E-state index in [2.05, 4.69) is 42.2 Å². The fourth-order valence-corrected chi connectivity index (χ4v) is 2.78. The molecule has 0 saturated heterocycles. The second-order valence-corrected chi connectivity index (χ2v) is 6.03. The van der Waals surface area contributed by atoms with Crippen LogP contribution in [-0.4, -0.2) is 29.5 Å². The molecule has 4 rings (SSSR count). The van der Waals surface area contributed by atoms with Crippen LogP contribution >= 0.6 is 0 Å². The number of hydrogen-bond donors (Lipinski definition) is 0. The van der Waals surface area contributed by atoms with Crippen molar-refractivity contribution in [3.05, 3.63) is 101 Å². The minimum Gasteiger partial charge on any atom is -0.342 e. The Morgan fingerprint density at radius 2 is 1.50 bits per heavy atom. The zero-order chi connectivity index (χ0) is 21.8. The number of hydrogen-bond acceptors (Lipinski definition) is 6. The maximum atomic E-state index is 10.0. The van der Waals surface area contributed by atoms with E-state index in [0.29, 0.717) is 11.6 Å². The summed E-state index contributed by atoms with van der Waals surface area (Å²) in [5.41, 5.74) is -1.40. The smallest absolute Gasteiger partial charge is 0.342 e. The third-order valence-electron chi connectivity index (χ3n) is 4.25. The van der Waals surface area contributed by atoms with Gasteiger partial charge in [-0.25, -0.2) is 21.6 Å². The largest absolute Gasteiger partial charge is 2.00 e. The first kappa shape index (κ1) is 22.0. The van der Waals surface area contributed by atoms with E-state index in [9.17, 15) is 5.26 Å². The van der Waals surface area contributed by atoms with Crippen molar-refractivity contribution in [3.63, 3.8) is 0 Å². The molecule has 1 atom stereocenters. The third kappa shape index (κ3) is 3.74. The summed E-state index contributed by atoms with van der Waals surface area (Å²) in [6, 6.07) is 16.4. The molecule has 1 unspecified atom stereocenters. The van der Waals surface area contributed by atoms with E-state index in [-0.39, 0.29) is 43.3 Å². The van der Waals surface area contributed by atoms with Crippen molar-refractivity contribution in [1.29, 1.82) is 10.5 Å². The Bertz CT molecular complexity index is 1340. The van der Waals surface area contributed by atoms with Crippen LogP contribution in [0.5, 0.6) is 0 Å². The van der Waals surface area contributed by atoms with Crippen molar-refractivity contribution < 1.29 is 20.4 Å². The topological polar surface area (TPSA) is 118 Å². The molecule has 0 aliphatic rings. The van der Waals surface area contributed by atoms with Crippen molar-refractivity contribution in [3.8, 4) is 23.8 Å². The quantitative estimate of drug-likeness (QED) is 0.310. The van der Waals surface area contributed by atoms with Gasteiger partial charge in [0.1, 0.15) is 11.4 Å². The van der Waals surface area contributed by atoms with Gasteiger partial charge >= 0.3 is 31.8 Å². The number of rotatable bonds is 4. The van der Waals surface area contributed by atoms with Crippen molar-refractivity contribution in [1.82, 2.24) is 29.5 Å². The number of nitrogens with zero attached hydrogens (tertiary/aromatic N) is 10. The molecule has 0 saturated carbocycles. The SMILES string of the molecule is [C-]#[N+]c1c[c-]n(-c2cccc(C(C#N)([N+]#[C-])c3cccc(-n4[c-]cc(C#N)n4)n3)n2)n1.[Pd+2]. The van der Waals surface area contributed by atoms with Gasteiger partial charge in [-0.05, 0) is 29.5 Å². The van der Waals surface area contributed by atoms with Crippen molar-refractivity contribution in [2.75, 3.05) is 0 Å². The van der Waals surface area contributed by atoms with E-state index in [1.807, 2.05) is 12.1 Å². The van der Waals surface area contributed by atoms with Crippen LogP contribution in [-0.2, 0) is 26.0 Å². The Hall–Kier alpha value is -4.66. The Morgan fingerprint density at radius 3 is 1.97 bits per heavy atom. The van der Waals surface area contributed by atoms with Crippen LogP contribution < -0.4 is 0 Å². The molecule has 0 aliphatic heterocycles. The number of pyridine rings is 2. The van der Waals surface area contributed by atoms with Crippen LogP contribution in [0.4, 0.5) is 5.82 Å². The molecule has 0 radical (unpaired) electrons. The van der Waals surface area contributed by atoms with E-state index in [1.54, 1.807) is 36.4 Å². The van der Waals surface area contributed by atoms with Crippen LogP contribution in [0.25, 0.3) is 21.3 Å². The molecule has 0 N–H and O–H groups in total. The summed E-state index contributed by atoms with van der Waals surface area (Å²) in [5, 5.41) is 27.0. The molecule has 0 amide bonds. The van der Waals surface area contributed by atoms with E-state index in [1.165, 1.54) is 21.5 Å². The summed E-state index contributed by atoms with van der Waals surface area (Å²) >= 11 is 0. The normalized spacial score (nSPS) is 11.6. The van der Waals surface area contributed by atoms with Gasteiger partial charge in [0.2, 0.25) is 0 Å².